The molecule has 0 radical (unpaired) electrons. The Labute approximate surface area is 270 Å². The van der Waals surface area contributed by atoms with E-state index in [1.165, 1.54) is 56.9 Å². The maximum absolute atomic E-state index is 12.8. The summed E-state index contributed by atoms with van der Waals surface area (Å²) in [7, 11) is 0. The standard InChI is InChI=1S/C39H66O5/c1-26(2)12-11-13-27(3)31-16-17-32-30-15-14-28-24-29(20-22-38(28,9)33(30)21-23-39(31,32)10)43-34(40)18-19-35(41)44-37(7,8)25-42-36(4,5)6/h14,26-27,29-33H,11-13,15-25H2,1-10H3/t27?,29-,30-,31?,32-,33-,38-,39+/m0/s1. The van der Waals surface area contributed by atoms with Gasteiger partial charge in [-0.2, -0.15) is 0 Å². The van der Waals surface area contributed by atoms with Gasteiger partial charge in [0.1, 0.15) is 11.7 Å². The van der Waals surface area contributed by atoms with E-state index in [2.05, 4.69) is 40.7 Å². The number of fused-ring (bicyclic) bond motifs is 5. The van der Waals surface area contributed by atoms with Crippen molar-refractivity contribution in [1.29, 1.82) is 0 Å². The molecular formula is C39H66O5. The smallest absolute Gasteiger partial charge is 0.306 e. The fraction of sp³-hybridized carbons (Fsp3) is 0.897. The summed E-state index contributed by atoms with van der Waals surface area (Å²) in [6.07, 6.45) is 16.4. The van der Waals surface area contributed by atoms with E-state index in [0.29, 0.717) is 12.0 Å². The van der Waals surface area contributed by atoms with Gasteiger partial charge < -0.3 is 14.2 Å². The minimum Gasteiger partial charge on any atom is -0.462 e. The summed E-state index contributed by atoms with van der Waals surface area (Å²) in [6.45, 7) is 22.4. The molecule has 0 aromatic rings. The van der Waals surface area contributed by atoms with Crippen molar-refractivity contribution in [3.8, 4) is 0 Å². The first kappa shape index (κ1) is 35.5. The van der Waals surface area contributed by atoms with Crippen LogP contribution in [0.25, 0.3) is 0 Å². The highest BCUT2D eigenvalue weighted by atomic mass is 16.6. The molecule has 3 saturated carbocycles. The lowest BCUT2D eigenvalue weighted by atomic mass is 9.47. The van der Waals surface area contributed by atoms with Crippen LogP contribution in [0.4, 0.5) is 0 Å². The molecule has 2 unspecified atom stereocenters. The van der Waals surface area contributed by atoms with Crippen molar-refractivity contribution in [3.05, 3.63) is 11.6 Å². The molecule has 0 aliphatic heterocycles. The molecule has 8 atom stereocenters. The highest BCUT2D eigenvalue weighted by molar-refractivity contribution is 5.78. The van der Waals surface area contributed by atoms with Crippen LogP contribution in [-0.2, 0) is 23.8 Å². The van der Waals surface area contributed by atoms with Gasteiger partial charge >= 0.3 is 11.9 Å². The van der Waals surface area contributed by atoms with Gasteiger partial charge in [-0.3, -0.25) is 9.59 Å². The summed E-state index contributed by atoms with van der Waals surface area (Å²) in [5.74, 6) is 4.28. The molecule has 0 N–H and O–H groups in total. The van der Waals surface area contributed by atoms with E-state index in [4.69, 9.17) is 14.2 Å². The summed E-state index contributed by atoms with van der Waals surface area (Å²) < 4.78 is 17.4. The van der Waals surface area contributed by atoms with Crippen LogP contribution in [0.5, 0.6) is 0 Å². The van der Waals surface area contributed by atoms with Gasteiger partial charge in [-0.1, -0.05) is 65.5 Å². The lowest BCUT2D eigenvalue weighted by molar-refractivity contribution is -0.169. The Kier molecular flexibility index (Phi) is 11.1. The topological polar surface area (TPSA) is 61.8 Å². The SMILES string of the molecule is CC(C)CCCC(C)C1CC[C@H]2[C@@H]3CC=C4C[C@@H](OC(=O)CCC(=O)OC(C)(C)COC(C)(C)C)CC[C@]4(C)[C@H]3CC[C@]12C. The van der Waals surface area contributed by atoms with E-state index in [1.54, 1.807) is 0 Å². The van der Waals surface area contributed by atoms with Crippen molar-refractivity contribution in [2.75, 3.05) is 6.61 Å². The lowest BCUT2D eigenvalue weighted by Crippen LogP contribution is -2.51. The van der Waals surface area contributed by atoms with Crippen molar-refractivity contribution < 1.29 is 23.8 Å². The largest absolute Gasteiger partial charge is 0.462 e. The van der Waals surface area contributed by atoms with E-state index >= 15 is 0 Å². The minimum absolute atomic E-state index is 0.0339. The number of carbonyl (C=O) groups is 2. The Morgan fingerprint density at radius 2 is 1.61 bits per heavy atom. The predicted octanol–water partition coefficient (Wildman–Crippen LogP) is 9.86. The van der Waals surface area contributed by atoms with Crippen LogP contribution in [0.2, 0.25) is 0 Å². The van der Waals surface area contributed by atoms with Gasteiger partial charge in [-0.05, 0) is 126 Å². The van der Waals surface area contributed by atoms with Crippen molar-refractivity contribution in [2.45, 2.75) is 170 Å². The second-order valence-electron chi connectivity index (χ2n) is 17.8. The molecule has 0 spiro atoms. The van der Waals surface area contributed by atoms with Gasteiger partial charge in [0.15, 0.2) is 0 Å². The molecule has 4 aliphatic carbocycles. The monoisotopic (exact) mass is 614 g/mol. The third kappa shape index (κ3) is 8.31. The molecule has 0 amide bonds. The second kappa shape index (κ2) is 13.8. The molecule has 5 heteroatoms. The average Bonchev–Trinajstić information content (AvgIpc) is 3.27. The van der Waals surface area contributed by atoms with Gasteiger partial charge in [0.25, 0.3) is 0 Å². The van der Waals surface area contributed by atoms with E-state index < -0.39 is 5.60 Å². The zero-order chi connectivity index (χ0) is 32.5. The third-order valence-corrected chi connectivity index (χ3v) is 12.3. The molecule has 4 aliphatic rings. The Hall–Kier alpha value is -1.36. The van der Waals surface area contributed by atoms with Gasteiger partial charge in [0.2, 0.25) is 0 Å². The Morgan fingerprint density at radius 1 is 0.909 bits per heavy atom. The quantitative estimate of drug-likeness (QED) is 0.162. The second-order valence-corrected chi connectivity index (χ2v) is 17.8. The third-order valence-electron chi connectivity index (χ3n) is 12.3. The van der Waals surface area contributed by atoms with Crippen LogP contribution in [-0.4, -0.2) is 35.9 Å². The molecule has 0 saturated heterocycles. The molecular weight excluding hydrogens is 548 g/mol. The molecule has 5 nitrogen and oxygen atoms in total. The zero-order valence-electron chi connectivity index (χ0n) is 30.1. The number of allylic oxidation sites excluding steroid dienone is 1. The summed E-state index contributed by atoms with van der Waals surface area (Å²) in [5, 5.41) is 0. The van der Waals surface area contributed by atoms with Crippen molar-refractivity contribution in [3.63, 3.8) is 0 Å². The molecule has 0 aromatic heterocycles. The first-order valence-electron chi connectivity index (χ1n) is 18.2. The minimum atomic E-state index is -0.741. The first-order valence-corrected chi connectivity index (χ1v) is 18.2. The summed E-state index contributed by atoms with van der Waals surface area (Å²) >= 11 is 0. The van der Waals surface area contributed by atoms with Crippen LogP contribution in [0.3, 0.4) is 0 Å². The number of hydrogen-bond donors (Lipinski definition) is 0. The number of ether oxygens (including phenoxy) is 3. The molecule has 252 valence electrons. The number of rotatable bonds is 12. The highest BCUT2D eigenvalue weighted by Crippen LogP contribution is 2.67. The zero-order valence-corrected chi connectivity index (χ0v) is 30.1. The van der Waals surface area contributed by atoms with E-state index in [9.17, 15) is 9.59 Å². The maximum atomic E-state index is 12.8. The molecule has 4 rings (SSSR count). The fourth-order valence-electron chi connectivity index (χ4n) is 9.98. The van der Waals surface area contributed by atoms with Crippen LogP contribution in [0, 0.1) is 46.3 Å². The number of esters is 2. The van der Waals surface area contributed by atoms with Gasteiger partial charge in [0, 0.05) is 6.42 Å². The lowest BCUT2D eigenvalue weighted by Gasteiger charge is -2.58. The van der Waals surface area contributed by atoms with Crippen LogP contribution < -0.4 is 0 Å². The van der Waals surface area contributed by atoms with Crippen molar-refractivity contribution in [2.24, 2.45) is 46.3 Å². The molecule has 0 aromatic carbocycles. The summed E-state index contributed by atoms with van der Waals surface area (Å²) in [4.78, 5) is 25.3. The fourth-order valence-corrected chi connectivity index (χ4v) is 9.98. The maximum Gasteiger partial charge on any atom is 0.306 e. The van der Waals surface area contributed by atoms with E-state index in [0.717, 1.165) is 54.8 Å². The molecule has 3 fully saturated rings. The summed E-state index contributed by atoms with van der Waals surface area (Å²) in [5.41, 5.74) is 1.22. The Bertz CT molecular complexity index is 1040. The van der Waals surface area contributed by atoms with Crippen LogP contribution >= 0.6 is 0 Å². The van der Waals surface area contributed by atoms with E-state index in [-0.39, 0.29) is 41.9 Å². The molecule has 0 bridgehead atoms. The average molecular weight is 615 g/mol. The normalized spacial score (nSPS) is 34.4. The highest BCUT2D eigenvalue weighted by Gasteiger charge is 2.59. The van der Waals surface area contributed by atoms with Gasteiger partial charge in [0.05, 0.1) is 25.0 Å². The van der Waals surface area contributed by atoms with Crippen LogP contribution in [0.15, 0.2) is 11.6 Å². The molecule has 0 heterocycles. The first-order chi connectivity index (χ1) is 20.4. The van der Waals surface area contributed by atoms with Gasteiger partial charge in [-0.15, -0.1) is 0 Å². The Balaban J connectivity index is 1.28. The number of hydrogen-bond acceptors (Lipinski definition) is 5. The predicted molar refractivity (Wildman–Crippen MR) is 178 cm³/mol. The van der Waals surface area contributed by atoms with Crippen LogP contribution in [0.1, 0.15) is 153 Å². The Morgan fingerprint density at radius 3 is 2.30 bits per heavy atom. The summed E-state index contributed by atoms with van der Waals surface area (Å²) in [6, 6.07) is 0. The van der Waals surface area contributed by atoms with E-state index in [1.807, 2.05) is 34.6 Å². The van der Waals surface area contributed by atoms with Gasteiger partial charge in [-0.25, -0.2) is 0 Å². The van der Waals surface area contributed by atoms with Crippen molar-refractivity contribution >= 4 is 11.9 Å². The number of carbonyl (C=O) groups excluding carboxylic acids is 2. The van der Waals surface area contributed by atoms with Crippen molar-refractivity contribution in [1.82, 2.24) is 0 Å². The molecule has 44 heavy (non-hydrogen) atoms.